The molecule has 0 aromatic heterocycles. The third-order valence-electron chi connectivity index (χ3n) is 0.888. The Balaban J connectivity index is 4.50. The lowest BCUT2D eigenvalue weighted by atomic mass is 10.3. The monoisotopic (exact) mass is 192 g/mol. The summed E-state index contributed by atoms with van der Waals surface area (Å²) in [5, 5.41) is 0. The number of hydrogen-bond donors (Lipinski definition) is 0. The van der Waals surface area contributed by atoms with E-state index >= 15 is 0 Å². The summed E-state index contributed by atoms with van der Waals surface area (Å²) in [5.41, 5.74) is 0. The first-order valence-electron chi connectivity index (χ1n) is 2.85. The van der Waals surface area contributed by atoms with E-state index in [0.29, 0.717) is 0 Å². The van der Waals surface area contributed by atoms with E-state index in [-0.39, 0.29) is 0 Å². The summed E-state index contributed by atoms with van der Waals surface area (Å²) in [5.74, 6) is -7.99. The van der Waals surface area contributed by atoms with Crippen molar-refractivity contribution in [2.24, 2.45) is 0 Å². The predicted octanol–water partition coefficient (Wildman–Crippen LogP) is 1.75. The molecule has 0 fully saturated rings. The lowest BCUT2D eigenvalue weighted by Crippen LogP contribution is -2.45. The van der Waals surface area contributed by atoms with E-state index in [9.17, 15) is 26.7 Å². The maximum absolute atomic E-state index is 11.9. The summed E-state index contributed by atoms with van der Waals surface area (Å²) in [6.07, 6.45) is -5.89. The Morgan fingerprint density at radius 2 is 1.67 bits per heavy atom. The van der Waals surface area contributed by atoms with Crippen molar-refractivity contribution in [1.29, 1.82) is 0 Å². The van der Waals surface area contributed by atoms with E-state index in [1.807, 2.05) is 0 Å². The van der Waals surface area contributed by atoms with Gasteiger partial charge in [0.05, 0.1) is 6.61 Å². The highest BCUT2D eigenvalue weighted by molar-refractivity contribution is 5.78. The molecule has 0 rings (SSSR count). The van der Waals surface area contributed by atoms with Crippen molar-refractivity contribution >= 4 is 5.97 Å². The molecular formula is C5H5F5O2. The number of alkyl halides is 5. The molecule has 0 heterocycles. The zero-order valence-electron chi connectivity index (χ0n) is 5.91. The van der Waals surface area contributed by atoms with Crippen LogP contribution in [0.2, 0.25) is 0 Å². The minimum atomic E-state index is -5.89. The zero-order chi connectivity index (χ0) is 9.99. The molecule has 0 aromatic carbocycles. The summed E-state index contributed by atoms with van der Waals surface area (Å²) in [6.45, 7) is 0.606. The number of carbonyl (C=O) groups excluding carboxylic acids is 1. The third-order valence-corrected chi connectivity index (χ3v) is 0.888. The summed E-state index contributed by atoms with van der Waals surface area (Å²) in [7, 11) is 0. The van der Waals surface area contributed by atoms with Gasteiger partial charge in [-0.2, -0.15) is 22.0 Å². The molecule has 0 aliphatic carbocycles. The predicted molar refractivity (Wildman–Crippen MR) is 27.6 cm³/mol. The second-order valence-electron chi connectivity index (χ2n) is 1.79. The standard InChI is InChI=1S/C5H5F5O2/c1-2-12-3(11)4(6,7)5(8,9)10/h2H2,1H3. The maximum Gasteiger partial charge on any atom is 0.465 e. The minimum absolute atomic E-state index is 0.523. The second-order valence-corrected chi connectivity index (χ2v) is 1.79. The van der Waals surface area contributed by atoms with Gasteiger partial charge in [0.25, 0.3) is 0 Å². The molecule has 0 N–H and O–H groups in total. The molecule has 0 saturated heterocycles. The molecule has 0 aliphatic heterocycles. The lowest BCUT2D eigenvalue weighted by Gasteiger charge is -2.16. The average Bonchev–Trinajstić information content (AvgIpc) is 1.85. The van der Waals surface area contributed by atoms with Gasteiger partial charge in [-0.15, -0.1) is 0 Å². The van der Waals surface area contributed by atoms with Crippen LogP contribution in [0.25, 0.3) is 0 Å². The average molecular weight is 192 g/mol. The quantitative estimate of drug-likeness (QED) is 0.492. The van der Waals surface area contributed by atoms with Crippen LogP contribution < -0.4 is 0 Å². The number of hydrogen-bond acceptors (Lipinski definition) is 2. The Morgan fingerprint density at radius 3 is 1.92 bits per heavy atom. The fraction of sp³-hybridized carbons (Fsp3) is 0.800. The second kappa shape index (κ2) is 3.24. The first-order valence-corrected chi connectivity index (χ1v) is 2.85. The highest BCUT2D eigenvalue weighted by Crippen LogP contribution is 2.36. The summed E-state index contributed by atoms with van der Waals surface area (Å²) < 4.78 is 61.4. The van der Waals surface area contributed by atoms with Crippen molar-refractivity contribution < 1.29 is 31.5 Å². The van der Waals surface area contributed by atoms with Gasteiger partial charge in [-0.3, -0.25) is 0 Å². The van der Waals surface area contributed by atoms with Crippen LogP contribution >= 0.6 is 0 Å². The van der Waals surface area contributed by atoms with Crippen molar-refractivity contribution in [1.82, 2.24) is 0 Å². The Labute approximate surface area is 64.3 Å². The van der Waals surface area contributed by atoms with Gasteiger partial charge in [0.2, 0.25) is 0 Å². The molecule has 0 aromatic rings. The molecule has 0 saturated carbocycles. The molecule has 72 valence electrons. The van der Waals surface area contributed by atoms with Crippen molar-refractivity contribution in [3.63, 3.8) is 0 Å². The Kier molecular flexibility index (Phi) is 3.00. The highest BCUT2D eigenvalue weighted by atomic mass is 19.4. The van der Waals surface area contributed by atoms with Crippen LogP contribution in [-0.2, 0) is 9.53 Å². The fourth-order valence-corrected chi connectivity index (χ4v) is 0.337. The first-order chi connectivity index (χ1) is 5.23. The van der Waals surface area contributed by atoms with Gasteiger partial charge in [0.15, 0.2) is 0 Å². The number of rotatable bonds is 2. The Hall–Kier alpha value is -0.880. The first kappa shape index (κ1) is 11.1. The molecule has 0 amide bonds. The number of halogens is 5. The van der Waals surface area contributed by atoms with E-state index in [4.69, 9.17) is 0 Å². The van der Waals surface area contributed by atoms with Gasteiger partial charge >= 0.3 is 18.1 Å². The van der Waals surface area contributed by atoms with E-state index in [0.717, 1.165) is 6.92 Å². The van der Waals surface area contributed by atoms with Crippen LogP contribution in [0, 0.1) is 0 Å². The van der Waals surface area contributed by atoms with E-state index in [1.165, 1.54) is 0 Å². The van der Waals surface area contributed by atoms with Crippen LogP contribution in [-0.4, -0.2) is 24.7 Å². The van der Waals surface area contributed by atoms with Gasteiger partial charge in [0.1, 0.15) is 0 Å². The number of ether oxygens (including phenoxy) is 1. The molecule has 0 atom stereocenters. The Bertz CT molecular complexity index is 173. The molecule has 0 bridgehead atoms. The van der Waals surface area contributed by atoms with Gasteiger partial charge in [0, 0.05) is 0 Å². The molecule has 12 heavy (non-hydrogen) atoms. The maximum atomic E-state index is 11.9. The normalized spacial score (nSPS) is 12.8. The van der Waals surface area contributed by atoms with Gasteiger partial charge in [-0.25, -0.2) is 4.79 Å². The smallest absolute Gasteiger partial charge is 0.461 e. The number of carbonyl (C=O) groups is 1. The van der Waals surface area contributed by atoms with Crippen LogP contribution in [0.3, 0.4) is 0 Å². The van der Waals surface area contributed by atoms with Crippen molar-refractivity contribution in [2.75, 3.05) is 6.61 Å². The van der Waals surface area contributed by atoms with Gasteiger partial charge in [-0.05, 0) is 6.92 Å². The third kappa shape index (κ3) is 2.05. The van der Waals surface area contributed by atoms with Gasteiger partial charge in [-0.1, -0.05) is 0 Å². The van der Waals surface area contributed by atoms with Crippen LogP contribution in [0.1, 0.15) is 6.92 Å². The van der Waals surface area contributed by atoms with E-state index < -0.39 is 24.7 Å². The molecule has 0 spiro atoms. The SMILES string of the molecule is CCOC(=O)C(F)(F)C(F)(F)F. The molecule has 0 radical (unpaired) electrons. The van der Waals surface area contributed by atoms with Gasteiger partial charge < -0.3 is 4.74 Å². The molecule has 0 aliphatic rings. The fourth-order valence-electron chi connectivity index (χ4n) is 0.337. The minimum Gasteiger partial charge on any atom is -0.461 e. The van der Waals surface area contributed by atoms with E-state index in [1.54, 1.807) is 0 Å². The van der Waals surface area contributed by atoms with Crippen molar-refractivity contribution in [3.8, 4) is 0 Å². The zero-order valence-corrected chi connectivity index (χ0v) is 5.91. The Morgan fingerprint density at radius 1 is 1.25 bits per heavy atom. The lowest BCUT2D eigenvalue weighted by molar-refractivity contribution is -0.280. The highest BCUT2D eigenvalue weighted by Gasteiger charge is 2.64. The number of esters is 1. The van der Waals surface area contributed by atoms with E-state index in [2.05, 4.69) is 4.74 Å². The summed E-state index contributed by atoms with van der Waals surface area (Å²) in [4.78, 5) is 10.0. The summed E-state index contributed by atoms with van der Waals surface area (Å²) in [6, 6.07) is 0. The molecule has 7 heteroatoms. The molecule has 0 unspecified atom stereocenters. The van der Waals surface area contributed by atoms with Crippen LogP contribution in [0.5, 0.6) is 0 Å². The van der Waals surface area contributed by atoms with Crippen molar-refractivity contribution in [2.45, 2.75) is 19.0 Å². The largest absolute Gasteiger partial charge is 0.465 e. The molecule has 2 nitrogen and oxygen atoms in total. The topological polar surface area (TPSA) is 26.3 Å². The summed E-state index contributed by atoms with van der Waals surface area (Å²) >= 11 is 0. The van der Waals surface area contributed by atoms with Crippen LogP contribution in [0.15, 0.2) is 0 Å². The molecular weight excluding hydrogens is 187 g/mol. The van der Waals surface area contributed by atoms with Crippen molar-refractivity contribution in [3.05, 3.63) is 0 Å². The van der Waals surface area contributed by atoms with Crippen LogP contribution in [0.4, 0.5) is 22.0 Å².